The van der Waals surface area contributed by atoms with Crippen molar-refractivity contribution in [2.75, 3.05) is 6.61 Å². The summed E-state index contributed by atoms with van der Waals surface area (Å²) in [4.78, 5) is 0. The lowest BCUT2D eigenvalue weighted by Gasteiger charge is -2.11. The topological polar surface area (TPSA) is 49.7 Å². The molecule has 3 nitrogen and oxygen atoms in total. The molecule has 13 heavy (non-hydrogen) atoms. The lowest BCUT2D eigenvalue weighted by Crippen LogP contribution is -2.16. The van der Waals surface area contributed by atoms with Crippen molar-refractivity contribution in [2.24, 2.45) is 0 Å². The first-order chi connectivity index (χ1) is 6.22. The third-order valence-corrected chi connectivity index (χ3v) is 1.71. The zero-order chi connectivity index (χ0) is 9.68. The van der Waals surface area contributed by atoms with Gasteiger partial charge in [0.15, 0.2) is 6.29 Å². The second-order valence-corrected chi connectivity index (χ2v) is 2.98. The van der Waals surface area contributed by atoms with E-state index in [1.54, 1.807) is 24.3 Å². The lowest BCUT2D eigenvalue weighted by molar-refractivity contribution is -0.0327. The van der Waals surface area contributed by atoms with Gasteiger partial charge in [-0.2, -0.15) is 0 Å². The maximum atomic E-state index is 9.16. The number of rotatable bonds is 4. The molecule has 0 aromatic heterocycles. The average Bonchev–Trinajstić information content (AvgIpc) is 2.09. The molecule has 1 aromatic carbocycles. The van der Waals surface area contributed by atoms with Crippen molar-refractivity contribution < 1.29 is 14.9 Å². The molecule has 0 aliphatic heterocycles. The van der Waals surface area contributed by atoms with Crippen LogP contribution in [-0.2, 0) is 0 Å². The van der Waals surface area contributed by atoms with Gasteiger partial charge in [-0.05, 0) is 24.3 Å². The molecule has 1 atom stereocenters. The Kier molecular flexibility index (Phi) is 4.02. The Hall–Kier alpha value is -0.770. The molecule has 0 heterocycles. The largest absolute Gasteiger partial charge is 0.465 e. The van der Waals surface area contributed by atoms with E-state index in [0.29, 0.717) is 10.8 Å². The van der Waals surface area contributed by atoms with Crippen LogP contribution >= 0.6 is 11.6 Å². The van der Waals surface area contributed by atoms with E-state index >= 15 is 0 Å². The molecule has 0 spiro atoms. The third kappa shape index (κ3) is 3.63. The maximum absolute atomic E-state index is 9.16. The number of aliphatic hydroxyl groups is 2. The molecule has 1 unspecified atom stereocenters. The van der Waals surface area contributed by atoms with Crippen molar-refractivity contribution in [3.05, 3.63) is 29.3 Å². The Balaban J connectivity index is 2.49. The molecule has 0 saturated heterocycles. The molecule has 1 aromatic rings. The fourth-order valence-electron chi connectivity index (χ4n) is 0.840. The van der Waals surface area contributed by atoms with Crippen molar-refractivity contribution in [1.29, 1.82) is 0 Å². The summed E-state index contributed by atoms with van der Waals surface area (Å²) in [5.74, 6) is 0.533. The van der Waals surface area contributed by atoms with Gasteiger partial charge in [0.25, 0.3) is 0 Å². The minimum Gasteiger partial charge on any atom is -0.465 e. The Labute approximate surface area is 81.5 Å². The smallest absolute Gasteiger partial charge is 0.199 e. The Morgan fingerprint density at radius 3 is 2.46 bits per heavy atom. The van der Waals surface area contributed by atoms with Crippen LogP contribution in [0.25, 0.3) is 0 Å². The third-order valence-electron chi connectivity index (χ3n) is 1.46. The standard InChI is InChI=1S/C9H11ClO3/c10-7-1-3-8(4-2-7)13-9(12)5-6-11/h1-4,9,11-12H,5-6H2. The van der Waals surface area contributed by atoms with Gasteiger partial charge in [-0.3, -0.25) is 0 Å². The Morgan fingerprint density at radius 2 is 1.92 bits per heavy atom. The van der Waals surface area contributed by atoms with Gasteiger partial charge in [0.2, 0.25) is 0 Å². The fourth-order valence-corrected chi connectivity index (χ4v) is 0.966. The first-order valence-corrected chi connectivity index (χ1v) is 4.31. The molecule has 0 aliphatic rings. The van der Waals surface area contributed by atoms with Gasteiger partial charge in [0.1, 0.15) is 5.75 Å². The average molecular weight is 203 g/mol. The predicted molar refractivity (Wildman–Crippen MR) is 49.8 cm³/mol. The van der Waals surface area contributed by atoms with Crippen molar-refractivity contribution in [3.63, 3.8) is 0 Å². The van der Waals surface area contributed by atoms with E-state index in [0.717, 1.165) is 0 Å². The van der Waals surface area contributed by atoms with Gasteiger partial charge in [0.05, 0.1) is 0 Å². The molecule has 0 radical (unpaired) electrons. The van der Waals surface area contributed by atoms with Crippen molar-refractivity contribution in [3.8, 4) is 5.75 Å². The van der Waals surface area contributed by atoms with Gasteiger partial charge in [-0.15, -0.1) is 0 Å². The van der Waals surface area contributed by atoms with Crippen LogP contribution in [0.5, 0.6) is 5.75 Å². The summed E-state index contributed by atoms with van der Waals surface area (Å²) in [6.07, 6.45) is -0.769. The second kappa shape index (κ2) is 5.07. The normalized spacial score (nSPS) is 12.5. The van der Waals surface area contributed by atoms with Crippen LogP contribution in [0.3, 0.4) is 0 Å². The van der Waals surface area contributed by atoms with E-state index in [-0.39, 0.29) is 13.0 Å². The number of hydrogen-bond acceptors (Lipinski definition) is 3. The second-order valence-electron chi connectivity index (χ2n) is 2.54. The highest BCUT2D eigenvalue weighted by molar-refractivity contribution is 6.30. The highest BCUT2D eigenvalue weighted by Crippen LogP contribution is 2.16. The number of hydrogen-bond donors (Lipinski definition) is 2. The Bertz CT molecular complexity index is 248. The van der Waals surface area contributed by atoms with Crippen LogP contribution < -0.4 is 4.74 Å². The highest BCUT2D eigenvalue weighted by Gasteiger charge is 2.03. The molecule has 0 amide bonds. The minimum absolute atomic E-state index is 0.102. The van der Waals surface area contributed by atoms with Crippen molar-refractivity contribution in [1.82, 2.24) is 0 Å². The summed E-state index contributed by atoms with van der Waals surface area (Å²) < 4.78 is 5.05. The molecule has 0 aliphatic carbocycles. The summed E-state index contributed by atoms with van der Waals surface area (Å²) in [6.45, 7) is -0.102. The van der Waals surface area contributed by atoms with Crippen LogP contribution in [0.4, 0.5) is 0 Å². The highest BCUT2D eigenvalue weighted by atomic mass is 35.5. The Morgan fingerprint density at radius 1 is 1.31 bits per heavy atom. The van der Waals surface area contributed by atoms with Crippen LogP contribution in [0, 0.1) is 0 Å². The van der Waals surface area contributed by atoms with Gasteiger partial charge >= 0.3 is 0 Å². The number of aliphatic hydroxyl groups excluding tert-OH is 2. The van der Waals surface area contributed by atoms with Crippen LogP contribution in [0.2, 0.25) is 5.02 Å². The van der Waals surface area contributed by atoms with Crippen LogP contribution in [0.15, 0.2) is 24.3 Å². The monoisotopic (exact) mass is 202 g/mol. The first-order valence-electron chi connectivity index (χ1n) is 3.93. The summed E-state index contributed by atoms with van der Waals surface area (Å²) in [5.41, 5.74) is 0. The number of ether oxygens (including phenoxy) is 1. The first kappa shape index (κ1) is 10.3. The van der Waals surface area contributed by atoms with E-state index < -0.39 is 6.29 Å². The summed E-state index contributed by atoms with van der Waals surface area (Å²) >= 11 is 5.65. The molecule has 2 N–H and O–H groups in total. The number of benzene rings is 1. The van der Waals surface area contributed by atoms with E-state index in [4.69, 9.17) is 26.6 Å². The zero-order valence-corrected chi connectivity index (χ0v) is 7.74. The molecule has 1 rings (SSSR count). The minimum atomic E-state index is -0.967. The van der Waals surface area contributed by atoms with Gasteiger partial charge in [-0.1, -0.05) is 11.6 Å². The summed E-state index contributed by atoms with van der Waals surface area (Å²) in [7, 11) is 0. The maximum Gasteiger partial charge on any atom is 0.199 e. The quantitative estimate of drug-likeness (QED) is 0.727. The van der Waals surface area contributed by atoms with E-state index in [1.807, 2.05) is 0 Å². The lowest BCUT2D eigenvalue weighted by atomic mass is 10.3. The van der Waals surface area contributed by atoms with Crippen LogP contribution in [-0.4, -0.2) is 23.1 Å². The van der Waals surface area contributed by atoms with Crippen molar-refractivity contribution >= 4 is 11.6 Å². The summed E-state index contributed by atoms with van der Waals surface area (Å²) in [5, 5.41) is 18.3. The molecule has 0 fully saturated rings. The molecule has 72 valence electrons. The molecular formula is C9H11ClO3. The van der Waals surface area contributed by atoms with E-state index in [9.17, 15) is 0 Å². The van der Waals surface area contributed by atoms with E-state index in [2.05, 4.69) is 0 Å². The fraction of sp³-hybridized carbons (Fsp3) is 0.333. The SMILES string of the molecule is OCCC(O)Oc1ccc(Cl)cc1. The number of halogens is 1. The van der Waals surface area contributed by atoms with Gasteiger partial charge in [-0.25, -0.2) is 0 Å². The molecule has 4 heteroatoms. The molecular weight excluding hydrogens is 192 g/mol. The van der Waals surface area contributed by atoms with Crippen LogP contribution in [0.1, 0.15) is 6.42 Å². The predicted octanol–water partition coefficient (Wildman–Crippen LogP) is 1.42. The van der Waals surface area contributed by atoms with E-state index in [1.165, 1.54) is 0 Å². The van der Waals surface area contributed by atoms with Crippen molar-refractivity contribution in [2.45, 2.75) is 12.7 Å². The molecule has 0 saturated carbocycles. The van der Waals surface area contributed by atoms with Gasteiger partial charge < -0.3 is 14.9 Å². The van der Waals surface area contributed by atoms with Gasteiger partial charge in [0, 0.05) is 18.1 Å². The summed E-state index contributed by atoms with van der Waals surface area (Å²) in [6, 6.07) is 6.65. The zero-order valence-electron chi connectivity index (χ0n) is 6.98. The molecule has 0 bridgehead atoms.